The zero-order valence-corrected chi connectivity index (χ0v) is 20.6. The Morgan fingerprint density at radius 2 is 1.91 bits per heavy atom. The first-order valence-corrected chi connectivity index (χ1v) is 11.7. The molecular formula is C25H22Cl3N3O3. The van der Waals surface area contributed by atoms with Gasteiger partial charge in [-0.15, -0.1) is 0 Å². The van der Waals surface area contributed by atoms with Gasteiger partial charge in [-0.25, -0.2) is 4.79 Å². The molecule has 0 aromatic heterocycles. The van der Waals surface area contributed by atoms with Crippen molar-refractivity contribution in [3.05, 3.63) is 92.9 Å². The Morgan fingerprint density at radius 1 is 1.09 bits per heavy atom. The van der Waals surface area contributed by atoms with E-state index in [1.165, 1.54) is 0 Å². The first-order valence-electron chi connectivity index (χ1n) is 10.5. The number of hydrogen-bond donors (Lipinski definition) is 1. The zero-order chi connectivity index (χ0) is 24.1. The summed E-state index contributed by atoms with van der Waals surface area (Å²) in [5.74, 6) is 0.570. The van der Waals surface area contributed by atoms with E-state index in [0.29, 0.717) is 46.0 Å². The van der Waals surface area contributed by atoms with Gasteiger partial charge in [-0.2, -0.15) is 0 Å². The van der Waals surface area contributed by atoms with Crippen molar-refractivity contribution in [1.82, 2.24) is 4.90 Å². The number of anilines is 1. The van der Waals surface area contributed by atoms with Crippen LogP contribution in [-0.2, 0) is 11.4 Å². The number of hydrogen-bond acceptors (Lipinski definition) is 4. The van der Waals surface area contributed by atoms with Crippen LogP contribution in [0.5, 0.6) is 5.75 Å². The van der Waals surface area contributed by atoms with Gasteiger partial charge in [-0.3, -0.25) is 0 Å². The topological polar surface area (TPSA) is 63.2 Å². The average Bonchev–Trinajstić information content (AvgIpc) is 3.29. The van der Waals surface area contributed by atoms with Gasteiger partial charge in [-0.1, -0.05) is 70.3 Å². The fourth-order valence-electron chi connectivity index (χ4n) is 3.64. The van der Waals surface area contributed by atoms with E-state index in [1.54, 1.807) is 42.3 Å². The molecule has 1 aliphatic heterocycles. The average molecular weight is 519 g/mol. The molecule has 0 unspecified atom stereocenters. The van der Waals surface area contributed by atoms with Gasteiger partial charge in [0.15, 0.2) is 6.10 Å². The molecule has 3 aromatic carbocycles. The van der Waals surface area contributed by atoms with Crippen LogP contribution in [0.1, 0.15) is 17.5 Å². The van der Waals surface area contributed by atoms with E-state index in [4.69, 9.17) is 44.4 Å². The number of nitrogens with one attached hydrogen (secondary N) is 1. The summed E-state index contributed by atoms with van der Waals surface area (Å²) in [5, 5.41) is 8.67. The Balaban J connectivity index is 1.50. The number of ether oxygens (including phenoxy) is 1. The molecule has 176 valence electrons. The van der Waals surface area contributed by atoms with Gasteiger partial charge >= 0.3 is 6.03 Å². The minimum absolute atomic E-state index is 0.295. The molecular weight excluding hydrogens is 497 g/mol. The molecule has 0 fully saturated rings. The van der Waals surface area contributed by atoms with Gasteiger partial charge in [0.1, 0.15) is 5.75 Å². The summed E-state index contributed by atoms with van der Waals surface area (Å²) in [6, 6.07) is 19.7. The van der Waals surface area contributed by atoms with Gasteiger partial charge in [0.2, 0.25) is 0 Å². The number of rotatable bonds is 7. The second kappa shape index (κ2) is 11.0. The highest BCUT2D eigenvalue weighted by atomic mass is 35.5. The van der Waals surface area contributed by atoms with Crippen LogP contribution in [-0.4, -0.2) is 36.4 Å². The Hall–Kier alpha value is -2.93. The second-order valence-electron chi connectivity index (χ2n) is 7.74. The molecule has 0 bridgehead atoms. The Bertz CT molecular complexity index is 1220. The van der Waals surface area contributed by atoms with Gasteiger partial charge < -0.3 is 19.8 Å². The maximum absolute atomic E-state index is 13.3. The largest absolute Gasteiger partial charge is 0.495 e. The molecule has 6 nitrogen and oxygen atoms in total. The summed E-state index contributed by atoms with van der Waals surface area (Å²) in [4.78, 5) is 20.6. The van der Waals surface area contributed by atoms with Crippen LogP contribution < -0.4 is 10.1 Å². The van der Waals surface area contributed by atoms with Crippen molar-refractivity contribution in [3.63, 3.8) is 0 Å². The number of carbonyl (C=O) groups is 1. The predicted octanol–water partition coefficient (Wildman–Crippen LogP) is 6.88. The van der Waals surface area contributed by atoms with E-state index < -0.39 is 0 Å². The standard InChI is InChI=1S/C25H22Cl3N3O3/c1-33-24-8-3-2-7-22(24)29-25(32)31(14-16-5-4-6-18(26)11-16)15-19-13-23(30-34-19)17-9-10-20(27)21(28)12-17/h2-12,19H,13-15H2,1H3,(H,29,32)/t19-/m0/s1. The first kappa shape index (κ1) is 24.2. The van der Waals surface area contributed by atoms with Gasteiger partial charge in [-0.05, 0) is 42.0 Å². The molecule has 1 atom stereocenters. The molecule has 4 rings (SSSR count). The maximum Gasteiger partial charge on any atom is 0.322 e. The van der Waals surface area contributed by atoms with Crippen molar-refractivity contribution < 1.29 is 14.4 Å². The van der Waals surface area contributed by atoms with Crippen molar-refractivity contribution in [2.45, 2.75) is 19.1 Å². The Kier molecular flexibility index (Phi) is 7.83. The van der Waals surface area contributed by atoms with E-state index in [1.807, 2.05) is 36.4 Å². The first-order chi connectivity index (χ1) is 16.4. The molecule has 34 heavy (non-hydrogen) atoms. The second-order valence-corrected chi connectivity index (χ2v) is 8.99. The highest BCUT2D eigenvalue weighted by molar-refractivity contribution is 6.42. The van der Waals surface area contributed by atoms with Crippen LogP contribution >= 0.6 is 34.8 Å². The maximum atomic E-state index is 13.3. The van der Waals surface area contributed by atoms with Crippen LogP contribution in [0, 0.1) is 0 Å². The summed E-state index contributed by atoms with van der Waals surface area (Å²) in [5.41, 5.74) is 3.05. The lowest BCUT2D eigenvalue weighted by molar-refractivity contribution is 0.0608. The smallest absolute Gasteiger partial charge is 0.322 e. The number of para-hydroxylation sites is 2. The van der Waals surface area contributed by atoms with E-state index in [-0.39, 0.29) is 12.1 Å². The monoisotopic (exact) mass is 517 g/mol. The summed E-state index contributed by atoms with van der Waals surface area (Å²) >= 11 is 18.3. The molecule has 0 saturated heterocycles. The minimum atomic E-state index is -0.327. The summed E-state index contributed by atoms with van der Waals surface area (Å²) in [6.45, 7) is 0.644. The molecule has 2 amide bonds. The fourth-order valence-corrected chi connectivity index (χ4v) is 4.15. The zero-order valence-electron chi connectivity index (χ0n) is 18.3. The molecule has 0 radical (unpaired) electrons. The summed E-state index contributed by atoms with van der Waals surface area (Å²) < 4.78 is 5.36. The third kappa shape index (κ3) is 5.95. The summed E-state index contributed by atoms with van der Waals surface area (Å²) in [6.07, 6.45) is 0.193. The van der Waals surface area contributed by atoms with Crippen molar-refractivity contribution in [1.29, 1.82) is 0 Å². The van der Waals surface area contributed by atoms with Crippen molar-refractivity contribution >= 4 is 52.2 Å². The van der Waals surface area contributed by atoms with E-state index in [2.05, 4.69) is 10.5 Å². The minimum Gasteiger partial charge on any atom is -0.495 e. The molecule has 1 heterocycles. The van der Waals surface area contributed by atoms with E-state index in [0.717, 1.165) is 16.8 Å². The predicted molar refractivity (Wildman–Crippen MR) is 136 cm³/mol. The number of benzene rings is 3. The van der Waals surface area contributed by atoms with Crippen LogP contribution in [0.2, 0.25) is 15.1 Å². The molecule has 0 saturated carbocycles. The Morgan fingerprint density at radius 3 is 2.68 bits per heavy atom. The quantitative estimate of drug-likeness (QED) is 0.371. The SMILES string of the molecule is COc1ccccc1NC(=O)N(Cc1cccc(Cl)c1)C[C@@H]1CC(c2ccc(Cl)c(Cl)c2)=NO1. The number of oxime groups is 1. The third-order valence-corrected chi connectivity index (χ3v) is 6.28. The van der Waals surface area contributed by atoms with Crippen LogP contribution in [0.15, 0.2) is 71.9 Å². The highest BCUT2D eigenvalue weighted by Crippen LogP contribution is 2.27. The van der Waals surface area contributed by atoms with Gasteiger partial charge in [0.25, 0.3) is 0 Å². The normalized spacial score (nSPS) is 14.8. The lowest BCUT2D eigenvalue weighted by atomic mass is 10.0. The number of carbonyl (C=O) groups excluding carboxylic acids is 1. The molecule has 0 aliphatic carbocycles. The summed E-state index contributed by atoms with van der Waals surface area (Å²) in [7, 11) is 1.56. The molecule has 9 heteroatoms. The number of methoxy groups -OCH3 is 1. The number of nitrogens with zero attached hydrogens (tertiary/aromatic N) is 2. The molecule has 0 spiro atoms. The van der Waals surface area contributed by atoms with Crippen molar-refractivity contribution in [2.75, 3.05) is 19.0 Å². The van der Waals surface area contributed by atoms with E-state index in [9.17, 15) is 4.79 Å². The Labute approximate surface area is 213 Å². The molecule has 1 aliphatic rings. The van der Waals surface area contributed by atoms with Gasteiger partial charge in [0.05, 0.1) is 35.1 Å². The number of amides is 2. The molecule has 1 N–H and O–H groups in total. The lowest BCUT2D eigenvalue weighted by Crippen LogP contribution is -2.40. The van der Waals surface area contributed by atoms with Crippen molar-refractivity contribution in [2.24, 2.45) is 5.16 Å². The van der Waals surface area contributed by atoms with Crippen molar-refractivity contribution in [3.8, 4) is 5.75 Å². The fraction of sp³-hybridized carbons (Fsp3) is 0.200. The van der Waals surface area contributed by atoms with Crippen LogP contribution in [0.3, 0.4) is 0 Å². The number of urea groups is 1. The third-order valence-electron chi connectivity index (χ3n) is 5.31. The van der Waals surface area contributed by atoms with Crippen LogP contribution in [0.25, 0.3) is 0 Å². The van der Waals surface area contributed by atoms with Gasteiger partial charge in [0, 0.05) is 23.6 Å². The highest BCUT2D eigenvalue weighted by Gasteiger charge is 2.27. The lowest BCUT2D eigenvalue weighted by Gasteiger charge is -2.25. The van der Waals surface area contributed by atoms with Crippen LogP contribution in [0.4, 0.5) is 10.5 Å². The van der Waals surface area contributed by atoms with E-state index >= 15 is 0 Å². The molecule has 3 aromatic rings. The number of halogens is 3.